The van der Waals surface area contributed by atoms with E-state index in [-0.39, 0.29) is 18.7 Å². The van der Waals surface area contributed by atoms with Gasteiger partial charge in [0.05, 0.1) is 0 Å². The Balaban J connectivity index is 3.14. The summed E-state index contributed by atoms with van der Waals surface area (Å²) in [4.78, 5) is -1.06. The average Bonchev–Trinajstić information content (AvgIpc) is 2.25. The maximum atomic E-state index is 13.6. The molecule has 0 heterocycles. The van der Waals surface area contributed by atoms with Crippen molar-refractivity contribution in [2.75, 3.05) is 12.3 Å². The lowest BCUT2D eigenvalue weighted by molar-refractivity contribution is 0.270. The van der Waals surface area contributed by atoms with Gasteiger partial charge in [-0.3, -0.25) is 0 Å². The lowest BCUT2D eigenvalue weighted by Crippen LogP contribution is -2.36. The van der Waals surface area contributed by atoms with Gasteiger partial charge in [-0.05, 0) is 25.0 Å². The highest BCUT2D eigenvalue weighted by molar-refractivity contribution is 7.89. The summed E-state index contributed by atoms with van der Waals surface area (Å²) in [6, 6.07) is 0.890. The highest BCUT2D eigenvalue weighted by atomic mass is 32.2. The van der Waals surface area contributed by atoms with Gasteiger partial charge in [-0.2, -0.15) is 0 Å². The predicted octanol–water partition coefficient (Wildman–Crippen LogP) is 0.986. The van der Waals surface area contributed by atoms with Crippen LogP contribution in [-0.2, 0) is 10.0 Å². The van der Waals surface area contributed by atoms with Crippen LogP contribution in [0.3, 0.4) is 0 Å². The Kier molecular flexibility index (Phi) is 5.21. The minimum Gasteiger partial charge on any atom is -0.399 e. The van der Waals surface area contributed by atoms with Crippen LogP contribution in [-0.4, -0.2) is 26.2 Å². The molecule has 0 bridgehead atoms. The Morgan fingerprint density at radius 1 is 1.37 bits per heavy atom. The number of rotatable bonds is 6. The first kappa shape index (κ1) is 15.8. The van der Waals surface area contributed by atoms with Crippen LogP contribution >= 0.6 is 0 Å². The van der Waals surface area contributed by atoms with Gasteiger partial charge in [0.2, 0.25) is 10.0 Å². The number of sulfonamides is 1. The highest BCUT2D eigenvalue weighted by Gasteiger charge is 2.26. The molecule has 1 aromatic rings. The lowest BCUT2D eigenvalue weighted by atomic mass is 10.2. The molecule has 0 aliphatic heterocycles. The zero-order valence-electron chi connectivity index (χ0n) is 10.4. The van der Waals surface area contributed by atoms with E-state index in [1.54, 1.807) is 6.92 Å². The summed E-state index contributed by atoms with van der Waals surface area (Å²) in [5, 5.41) is 8.78. The van der Waals surface area contributed by atoms with E-state index in [4.69, 9.17) is 10.8 Å². The number of aliphatic hydroxyl groups is 1. The Morgan fingerprint density at radius 3 is 2.32 bits per heavy atom. The summed E-state index contributed by atoms with van der Waals surface area (Å²) in [5.74, 6) is -2.49. The first-order valence-corrected chi connectivity index (χ1v) is 7.17. The van der Waals surface area contributed by atoms with Gasteiger partial charge in [-0.15, -0.1) is 0 Å². The third-order valence-electron chi connectivity index (χ3n) is 2.58. The zero-order valence-corrected chi connectivity index (χ0v) is 11.2. The molecule has 0 saturated heterocycles. The van der Waals surface area contributed by atoms with Crippen molar-refractivity contribution in [1.82, 2.24) is 4.72 Å². The average molecular weight is 294 g/mol. The van der Waals surface area contributed by atoms with Crippen molar-refractivity contribution in [2.24, 2.45) is 0 Å². The Hall–Kier alpha value is -1.25. The van der Waals surface area contributed by atoms with Crippen molar-refractivity contribution >= 4 is 15.7 Å². The molecule has 0 saturated carbocycles. The van der Waals surface area contributed by atoms with Gasteiger partial charge in [0, 0.05) is 18.3 Å². The number of hydrogen-bond donors (Lipinski definition) is 3. The van der Waals surface area contributed by atoms with Gasteiger partial charge < -0.3 is 10.8 Å². The molecular formula is C11H16F2N2O3S. The molecule has 5 nitrogen and oxygen atoms in total. The first-order valence-electron chi connectivity index (χ1n) is 5.69. The minimum absolute atomic E-state index is 0.161. The van der Waals surface area contributed by atoms with Crippen LogP contribution in [0.2, 0.25) is 0 Å². The normalized spacial score (nSPS) is 13.5. The second-order valence-electron chi connectivity index (χ2n) is 4.05. The van der Waals surface area contributed by atoms with Crippen molar-refractivity contribution in [2.45, 2.75) is 30.7 Å². The number of benzene rings is 1. The van der Waals surface area contributed by atoms with E-state index in [2.05, 4.69) is 4.72 Å². The summed E-state index contributed by atoms with van der Waals surface area (Å²) in [6.07, 6.45) is 0.548. The van der Waals surface area contributed by atoms with Crippen LogP contribution in [0.4, 0.5) is 14.5 Å². The van der Waals surface area contributed by atoms with E-state index in [9.17, 15) is 17.2 Å². The summed E-state index contributed by atoms with van der Waals surface area (Å²) < 4.78 is 53.1. The summed E-state index contributed by atoms with van der Waals surface area (Å²) in [5.41, 5.74) is 5.02. The third kappa shape index (κ3) is 3.85. The number of halogens is 2. The highest BCUT2D eigenvalue weighted by Crippen LogP contribution is 2.22. The molecule has 0 amide bonds. The monoisotopic (exact) mass is 294 g/mol. The number of aliphatic hydroxyl groups excluding tert-OH is 1. The maximum Gasteiger partial charge on any atom is 0.246 e. The number of nitrogen functional groups attached to an aromatic ring is 1. The minimum atomic E-state index is -4.34. The number of nitrogens with one attached hydrogen (secondary N) is 1. The molecule has 1 atom stereocenters. The molecule has 1 unspecified atom stereocenters. The Morgan fingerprint density at radius 2 is 1.89 bits per heavy atom. The molecule has 0 fully saturated rings. The fourth-order valence-corrected chi connectivity index (χ4v) is 3.09. The summed E-state index contributed by atoms with van der Waals surface area (Å²) in [6.45, 7) is 1.46. The third-order valence-corrected chi connectivity index (χ3v) is 4.15. The van der Waals surface area contributed by atoms with Crippen LogP contribution < -0.4 is 10.5 Å². The number of hydrogen-bond acceptors (Lipinski definition) is 4. The molecule has 108 valence electrons. The number of nitrogens with two attached hydrogens (primary N) is 1. The van der Waals surface area contributed by atoms with Crippen LogP contribution in [0, 0.1) is 11.6 Å². The molecule has 0 aliphatic carbocycles. The summed E-state index contributed by atoms with van der Waals surface area (Å²) in [7, 11) is -4.34. The van der Waals surface area contributed by atoms with Gasteiger partial charge in [-0.25, -0.2) is 21.9 Å². The van der Waals surface area contributed by atoms with Crippen LogP contribution in [0.15, 0.2) is 17.0 Å². The van der Waals surface area contributed by atoms with Crippen molar-refractivity contribution in [3.63, 3.8) is 0 Å². The van der Waals surface area contributed by atoms with Crippen molar-refractivity contribution in [3.8, 4) is 0 Å². The molecule has 0 aromatic heterocycles. The lowest BCUT2D eigenvalue weighted by Gasteiger charge is -2.16. The smallest absolute Gasteiger partial charge is 0.246 e. The van der Waals surface area contributed by atoms with Gasteiger partial charge in [0.1, 0.15) is 11.6 Å². The van der Waals surface area contributed by atoms with E-state index >= 15 is 0 Å². The topological polar surface area (TPSA) is 92.4 Å². The fraction of sp³-hybridized carbons (Fsp3) is 0.455. The van der Waals surface area contributed by atoms with Gasteiger partial charge >= 0.3 is 0 Å². The zero-order chi connectivity index (χ0) is 14.6. The van der Waals surface area contributed by atoms with E-state index in [1.165, 1.54) is 0 Å². The quantitative estimate of drug-likeness (QED) is 0.682. The van der Waals surface area contributed by atoms with E-state index in [1.807, 2.05) is 0 Å². The molecule has 0 aliphatic rings. The van der Waals surface area contributed by atoms with E-state index in [0.717, 1.165) is 12.1 Å². The van der Waals surface area contributed by atoms with Crippen LogP contribution in [0.25, 0.3) is 0 Å². The van der Waals surface area contributed by atoms with Crippen molar-refractivity contribution < 1.29 is 22.3 Å². The fourth-order valence-electron chi connectivity index (χ4n) is 1.62. The second kappa shape index (κ2) is 6.27. The van der Waals surface area contributed by atoms with Crippen LogP contribution in [0.5, 0.6) is 0 Å². The maximum absolute atomic E-state index is 13.6. The van der Waals surface area contributed by atoms with Crippen LogP contribution in [0.1, 0.15) is 19.8 Å². The molecule has 8 heteroatoms. The van der Waals surface area contributed by atoms with Gasteiger partial charge in [0.25, 0.3) is 0 Å². The van der Waals surface area contributed by atoms with E-state index in [0.29, 0.717) is 6.42 Å². The molecule has 4 N–H and O–H groups in total. The Labute approximate surface area is 110 Å². The number of anilines is 1. The molecule has 1 rings (SSSR count). The van der Waals surface area contributed by atoms with Gasteiger partial charge in [-0.1, -0.05) is 6.92 Å². The predicted molar refractivity (Wildman–Crippen MR) is 66.9 cm³/mol. The molecule has 0 radical (unpaired) electrons. The standard InChI is InChI=1S/C11H16F2N2O3S/c1-2-8(3-4-16)15-19(17,18)11-9(12)5-7(14)6-10(11)13/h5-6,8,15-16H,2-4,14H2,1H3. The summed E-state index contributed by atoms with van der Waals surface area (Å²) >= 11 is 0. The molecular weight excluding hydrogens is 278 g/mol. The molecule has 1 aromatic carbocycles. The van der Waals surface area contributed by atoms with Crippen molar-refractivity contribution in [3.05, 3.63) is 23.8 Å². The second-order valence-corrected chi connectivity index (χ2v) is 5.70. The Bertz CT molecular complexity index is 526. The van der Waals surface area contributed by atoms with Gasteiger partial charge in [0.15, 0.2) is 4.90 Å². The first-order chi connectivity index (χ1) is 8.81. The SMILES string of the molecule is CCC(CCO)NS(=O)(=O)c1c(F)cc(N)cc1F. The molecule has 19 heavy (non-hydrogen) atoms. The van der Waals surface area contributed by atoms with E-state index < -0.39 is 32.6 Å². The van der Waals surface area contributed by atoms with Crippen molar-refractivity contribution in [1.29, 1.82) is 0 Å². The largest absolute Gasteiger partial charge is 0.399 e. The molecule has 0 spiro atoms.